The molecule has 3 heteroatoms. The van der Waals surface area contributed by atoms with E-state index in [4.69, 9.17) is 0 Å². The second kappa shape index (κ2) is 4.27. The van der Waals surface area contributed by atoms with Gasteiger partial charge in [-0.3, -0.25) is 9.88 Å². The zero-order valence-electron chi connectivity index (χ0n) is 9.23. The topological polar surface area (TPSA) is 16.1 Å². The van der Waals surface area contributed by atoms with Crippen molar-refractivity contribution in [1.82, 2.24) is 9.88 Å². The van der Waals surface area contributed by atoms with Gasteiger partial charge in [-0.2, -0.15) is 0 Å². The predicted octanol–water partition coefficient (Wildman–Crippen LogP) is 2.43. The molecule has 0 N–H and O–H groups in total. The van der Waals surface area contributed by atoms with Gasteiger partial charge >= 0.3 is 0 Å². The van der Waals surface area contributed by atoms with Gasteiger partial charge in [0, 0.05) is 24.5 Å². The van der Waals surface area contributed by atoms with E-state index >= 15 is 0 Å². The molecule has 0 saturated carbocycles. The zero-order valence-corrected chi connectivity index (χ0v) is 9.23. The molecule has 0 spiro atoms. The summed E-state index contributed by atoms with van der Waals surface area (Å²) < 4.78 is 12.8. The lowest BCUT2D eigenvalue weighted by atomic mass is 10.00. The molecule has 0 aliphatic carbocycles. The summed E-state index contributed by atoms with van der Waals surface area (Å²) in [5, 5.41) is 0. The van der Waals surface area contributed by atoms with Gasteiger partial charge in [0.25, 0.3) is 0 Å². The van der Waals surface area contributed by atoms with E-state index in [-0.39, 0.29) is 12.7 Å². The van der Waals surface area contributed by atoms with E-state index in [0.717, 1.165) is 6.42 Å². The van der Waals surface area contributed by atoms with Gasteiger partial charge in [-0.15, -0.1) is 0 Å². The maximum atomic E-state index is 12.8. The smallest absolute Gasteiger partial charge is 0.105 e. The highest BCUT2D eigenvalue weighted by atomic mass is 19.1. The van der Waals surface area contributed by atoms with Gasteiger partial charge in [-0.1, -0.05) is 13.0 Å². The van der Waals surface area contributed by atoms with Gasteiger partial charge in [0.05, 0.1) is 0 Å². The molecule has 1 aliphatic heterocycles. The van der Waals surface area contributed by atoms with E-state index in [2.05, 4.69) is 22.9 Å². The number of hydrogen-bond donors (Lipinski definition) is 0. The van der Waals surface area contributed by atoms with Crippen molar-refractivity contribution in [2.45, 2.75) is 25.4 Å². The van der Waals surface area contributed by atoms with Crippen LogP contribution in [0, 0.1) is 5.92 Å². The number of aromatic nitrogens is 1. The number of rotatable bonds is 2. The highest BCUT2D eigenvalue weighted by Gasteiger charge is 2.36. The molecule has 0 amide bonds. The van der Waals surface area contributed by atoms with Gasteiger partial charge in [0.1, 0.15) is 6.67 Å². The van der Waals surface area contributed by atoms with E-state index in [0.29, 0.717) is 12.0 Å². The monoisotopic (exact) mass is 208 g/mol. The normalized spacial score (nSPS) is 32.1. The fraction of sp³-hybridized carbons (Fsp3) is 0.583. The minimum absolute atomic E-state index is 0.0650. The number of nitrogens with zero attached hydrogens (tertiary/aromatic N) is 2. The van der Waals surface area contributed by atoms with Gasteiger partial charge < -0.3 is 0 Å². The van der Waals surface area contributed by atoms with Crippen LogP contribution in [0.15, 0.2) is 24.5 Å². The highest BCUT2D eigenvalue weighted by Crippen LogP contribution is 2.38. The van der Waals surface area contributed by atoms with Crippen molar-refractivity contribution in [3.63, 3.8) is 0 Å². The lowest BCUT2D eigenvalue weighted by molar-refractivity contribution is 0.191. The summed E-state index contributed by atoms with van der Waals surface area (Å²) in [5.41, 5.74) is 1.20. The standard InChI is InChI=1S/C12H17FN2/c1-9-6-11(15(2)12(9)7-13)10-4-3-5-14-8-10/h3-5,8-9,11-12H,6-7H2,1-2H3/t9?,11-,12?/m0/s1. The third-order valence-electron chi connectivity index (χ3n) is 3.49. The van der Waals surface area contributed by atoms with Crippen molar-refractivity contribution in [1.29, 1.82) is 0 Å². The molecule has 0 bridgehead atoms. The van der Waals surface area contributed by atoms with Crippen LogP contribution in [-0.4, -0.2) is 29.6 Å². The van der Waals surface area contributed by atoms with Crippen LogP contribution < -0.4 is 0 Å². The number of halogens is 1. The molecule has 2 unspecified atom stereocenters. The molecule has 82 valence electrons. The fourth-order valence-corrected chi connectivity index (χ4v) is 2.51. The van der Waals surface area contributed by atoms with Gasteiger partial charge in [0.2, 0.25) is 0 Å². The maximum absolute atomic E-state index is 12.8. The molecule has 1 aliphatic rings. The van der Waals surface area contributed by atoms with E-state index in [9.17, 15) is 4.39 Å². The minimum Gasteiger partial charge on any atom is -0.293 e. The second-order valence-electron chi connectivity index (χ2n) is 4.40. The zero-order chi connectivity index (χ0) is 10.8. The number of alkyl halides is 1. The molecule has 2 nitrogen and oxygen atoms in total. The van der Waals surface area contributed by atoms with Gasteiger partial charge in [0.15, 0.2) is 0 Å². The molecule has 1 aromatic rings. The Hall–Kier alpha value is -0.960. The summed E-state index contributed by atoms with van der Waals surface area (Å²) >= 11 is 0. The van der Waals surface area contributed by atoms with Crippen LogP contribution in [0.1, 0.15) is 24.9 Å². The fourth-order valence-electron chi connectivity index (χ4n) is 2.51. The van der Waals surface area contributed by atoms with Crippen LogP contribution in [0.2, 0.25) is 0 Å². The van der Waals surface area contributed by atoms with E-state index in [1.807, 2.05) is 19.3 Å². The van der Waals surface area contributed by atoms with Crippen molar-refractivity contribution in [2.24, 2.45) is 5.92 Å². The Labute approximate surface area is 90.1 Å². The molecule has 0 aromatic carbocycles. The van der Waals surface area contributed by atoms with Crippen molar-refractivity contribution < 1.29 is 4.39 Å². The van der Waals surface area contributed by atoms with Crippen molar-refractivity contribution in [3.8, 4) is 0 Å². The van der Waals surface area contributed by atoms with Crippen LogP contribution in [0.25, 0.3) is 0 Å². The Bertz CT molecular complexity index is 315. The van der Waals surface area contributed by atoms with Gasteiger partial charge in [-0.05, 0) is 31.0 Å². The second-order valence-corrected chi connectivity index (χ2v) is 4.40. The molecule has 1 aromatic heterocycles. The Kier molecular flexibility index (Phi) is 3.00. The summed E-state index contributed by atoms with van der Waals surface area (Å²) in [5.74, 6) is 0.421. The number of pyridine rings is 1. The van der Waals surface area contributed by atoms with Crippen LogP contribution in [-0.2, 0) is 0 Å². The number of hydrogen-bond acceptors (Lipinski definition) is 2. The molecule has 15 heavy (non-hydrogen) atoms. The molecule has 1 fully saturated rings. The lowest BCUT2D eigenvalue weighted by Gasteiger charge is -2.24. The largest absolute Gasteiger partial charge is 0.293 e. The first-order chi connectivity index (χ1) is 7.24. The van der Waals surface area contributed by atoms with Crippen molar-refractivity contribution >= 4 is 0 Å². The molecule has 0 radical (unpaired) electrons. The first-order valence-electron chi connectivity index (χ1n) is 5.42. The first-order valence-corrected chi connectivity index (χ1v) is 5.42. The average Bonchev–Trinajstić information content (AvgIpc) is 2.55. The Balaban J connectivity index is 2.19. The SMILES string of the molecule is CC1C[C@@H](c2cccnc2)N(C)C1CF. The summed E-state index contributed by atoms with van der Waals surface area (Å²) in [6, 6.07) is 4.41. The lowest BCUT2D eigenvalue weighted by Crippen LogP contribution is -2.31. The third kappa shape index (κ3) is 1.88. The summed E-state index contributed by atoms with van der Waals surface area (Å²) in [6.45, 7) is 1.87. The highest BCUT2D eigenvalue weighted by molar-refractivity contribution is 5.16. The molecule has 2 heterocycles. The minimum atomic E-state index is -0.256. The number of likely N-dealkylation sites (tertiary alicyclic amines) is 1. The molecule has 2 rings (SSSR count). The average molecular weight is 208 g/mol. The van der Waals surface area contributed by atoms with Crippen molar-refractivity contribution in [3.05, 3.63) is 30.1 Å². The van der Waals surface area contributed by atoms with Crippen LogP contribution in [0.5, 0.6) is 0 Å². The summed E-state index contributed by atoms with van der Waals surface area (Å²) in [4.78, 5) is 6.26. The van der Waals surface area contributed by atoms with E-state index in [1.54, 1.807) is 6.20 Å². The third-order valence-corrected chi connectivity index (χ3v) is 3.49. The summed E-state index contributed by atoms with van der Waals surface area (Å²) in [7, 11) is 2.01. The van der Waals surface area contributed by atoms with Crippen molar-refractivity contribution in [2.75, 3.05) is 13.7 Å². The molecular formula is C12H17FN2. The molecule has 1 saturated heterocycles. The quantitative estimate of drug-likeness (QED) is 0.742. The Morgan fingerprint density at radius 3 is 2.93 bits per heavy atom. The maximum Gasteiger partial charge on any atom is 0.105 e. The van der Waals surface area contributed by atoms with Gasteiger partial charge in [-0.25, -0.2) is 4.39 Å². The summed E-state index contributed by atoms with van der Waals surface area (Å²) in [6.07, 6.45) is 4.68. The first kappa shape index (κ1) is 10.6. The van der Waals surface area contributed by atoms with Crippen LogP contribution >= 0.6 is 0 Å². The predicted molar refractivity (Wildman–Crippen MR) is 58.3 cm³/mol. The van der Waals surface area contributed by atoms with Crippen LogP contribution in [0.3, 0.4) is 0 Å². The molecular weight excluding hydrogens is 191 g/mol. The molecule has 3 atom stereocenters. The Morgan fingerprint density at radius 2 is 2.40 bits per heavy atom. The van der Waals surface area contributed by atoms with E-state index in [1.165, 1.54) is 5.56 Å². The Morgan fingerprint density at radius 1 is 1.60 bits per heavy atom. The van der Waals surface area contributed by atoms with E-state index < -0.39 is 0 Å². The van der Waals surface area contributed by atoms with Crippen LogP contribution in [0.4, 0.5) is 4.39 Å².